The molecule has 0 fully saturated rings. The molecule has 0 unspecified atom stereocenters. The molecule has 0 radical (unpaired) electrons. The Bertz CT molecular complexity index is 1200. The first-order chi connectivity index (χ1) is 15.6. The third kappa shape index (κ3) is 6.22. The fourth-order valence-electron chi connectivity index (χ4n) is 2.76. The SMILES string of the molecule is CNC(=O)c1cc(Oc2cc(NC(=O)Nc3ccc(Br)c(C(F)(F)F)c3)ccc2C)ccn1. The molecule has 0 aliphatic heterocycles. The molecule has 0 atom stereocenters. The van der Waals surface area contributed by atoms with Gasteiger partial charge in [-0.15, -0.1) is 0 Å². The second kappa shape index (κ2) is 9.90. The number of nitrogens with zero attached hydrogens (tertiary/aromatic N) is 1. The zero-order valence-corrected chi connectivity index (χ0v) is 19.0. The lowest BCUT2D eigenvalue weighted by molar-refractivity contribution is -0.138. The molecule has 3 N–H and O–H groups in total. The number of nitrogens with one attached hydrogen (secondary N) is 3. The zero-order chi connectivity index (χ0) is 24.2. The van der Waals surface area contributed by atoms with Gasteiger partial charge < -0.3 is 20.7 Å². The maximum Gasteiger partial charge on any atom is 0.417 e. The molecule has 7 nitrogen and oxygen atoms in total. The van der Waals surface area contributed by atoms with E-state index in [-0.39, 0.29) is 21.8 Å². The van der Waals surface area contributed by atoms with Crippen molar-refractivity contribution in [1.29, 1.82) is 0 Å². The summed E-state index contributed by atoms with van der Waals surface area (Å²) in [5.41, 5.74) is 0.350. The number of carbonyl (C=O) groups is 2. The van der Waals surface area contributed by atoms with Crippen molar-refractivity contribution in [2.24, 2.45) is 0 Å². The number of pyridine rings is 1. The summed E-state index contributed by atoms with van der Waals surface area (Å²) in [5.74, 6) is 0.401. The molecule has 172 valence electrons. The summed E-state index contributed by atoms with van der Waals surface area (Å²) in [6.45, 7) is 1.79. The first kappa shape index (κ1) is 24.1. The molecule has 0 spiro atoms. The van der Waals surface area contributed by atoms with Crippen LogP contribution in [0.2, 0.25) is 0 Å². The lowest BCUT2D eigenvalue weighted by Crippen LogP contribution is -2.20. The van der Waals surface area contributed by atoms with Crippen LogP contribution in [0.5, 0.6) is 11.5 Å². The lowest BCUT2D eigenvalue weighted by Gasteiger charge is -2.14. The standard InChI is InChI=1S/C22H18BrF3N4O3/c1-12-3-4-14(10-19(12)33-15-7-8-28-18(11-15)20(31)27-2)30-21(32)29-13-5-6-17(23)16(9-13)22(24,25)26/h3-11H,1-2H3,(H,27,31)(H2,29,30,32). The molecule has 3 aromatic rings. The van der Waals surface area contributed by atoms with Crippen LogP contribution in [-0.4, -0.2) is 24.0 Å². The monoisotopic (exact) mass is 522 g/mol. The number of rotatable bonds is 5. The molecule has 1 aromatic heterocycles. The third-order valence-electron chi connectivity index (χ3n) is 4.39. The summed E-state index contributed by atoms with van der Waals surface area (Å²) in [6.07, 6.45) is -3.14. The number of hydrogen-bond acceptors (Lipinski definition) is 4. The van der Waals surface area contributed by atoms with Crippen LogP contribution < -0.4 is 20.7 Å². The average Bonchev–Trinajstić information content (AvgIpc) is 2.76. The van der Waals surface area contributed by atoms with Crippen LogP contribution in [0.15, 0.2) is 59.2 Å². The van der Waals surface area contributed by atoms with E-state index >= 15 is 0 Å². The molecule has 2 aromatic carbocycles. The van der Waals surface area contributed by atoms with E-state index in [1.165, 1.54) is 31.4 Å². The second-order valence-electron chi connectivity index (χ2n) is 6.81. The number of urea groups is 1. The maximum absolute atomic E-state index is 13.1. The quantitative estimate of drug-likeness (QED) is 0.385. The molecule has 0 aliphatic rings. The van der Waals surface area contributed by atoms with Gasteiger partial charge in [0.15, 0.2) is 0 Å². The number of alkyl halides is 3. The Labute approximate surface area is 195 Å². The van der Waals surface area contributed by atoms with Crippen molar-refractivity contribution in [2.75, 3.05) is 17.7 Å². The number of benzene rings is 2. The van der Waals surface area contributed by atoms with Crippen molar-refractivity contribution in [3.05, 3.63) is 76.0 Å². The Hall–Kier alpha value is -3.60. The summed E-state index contributed by atoms with van der Waals surface area (Å²) in [6, 6.07) is 10.6. The molecule has 1 heterocycles. The number of carbonyl (C=O) groups excluding carboxylic acids is 2. The van der Waals surface area contributed by atoms with Gasteiger partial charge in [-0.1, -0.05) is 22.0 Å². The van der Waals surface area contributed by atoms with E-state index in [4.69, 9.17) is 4.74 Å². The number of aromatic nitrogens is 1. The van der Waals surface area contributed by atoms with Crippen molar-refractivity contribution in [1.82, 2.24) is 10.3 Å². The predicted molar refractivity (Wildman–Crippen MR) is 121 cm³/mol. The minimum Gasteiger partial charge on any atom is -0.457 e. The van der Waals surface area contributed by atoms with Gasteiger partial charge in [0.1, 0.15) is 17.2 Å². The van der Waals surface area contributed by atoms with Crippen LogP contribution in [0.3, 0.4) is 0 Å². The highest BCUT2D eigenvalue weighted by atomic mass is 79.9. The molecule has 3 amide bonds. The maximum atomic E-state index is 13.1. The van der Waals surface area contributed by atoms with Gasteiger partial charge in [-0.25, -0.2) is 4.79 Å². The molecule has 0 aliphatic carbocycles. The van der Waals surface area contributed by atoms with Gasteiger partial charge in [-0.05, 0) is 42.8 Å². The van der Waals surface area contributed by atoms with Gasteiger partial charge in [0, 0.05) is 41.2 Å². The van der Waals surface area contributed by atoms with E-state index in [1.807, 2.05) is 0 Å². The topological polar surface area (TPSA) is 92.4 Å². The minimum atomic E-state index is -4.57. The smallest absolute Gasteiger partial charge is 0.417 e. The number of hydrogen-bond donors (Lipinski definition) is 3. The van der Waals surface area contributed by atoms with E-state index in [2.05, 4.69) is 36.9 Å². The highest BCUT2D eigenvalue weighted by Crippen LogP contribution is 2.36. The van der Waals surface area contributed by atoms with Crippen molar-refractivity contribution < 1.29 is 27.5 Å². The summed E-state index contributed by atoms with van der Waals surface area (Å²) in [7, 11) is 1.49. The van der Waals surface area contributed by atoms with Crippen LogP contribution in [0.1, 0.15) is 21.6 Å². The molecule has 0 saturated heterocycles. The zero-order valence-electron chi connectivity index (χ0n) is 17.4. The molecule has 0 bridgehead atoms. The average molecular weight is 523 g/mol. The highest BCUT2D eigenvalue weighted by molar-refractivity contribution is 9.10. The number of aryl methyl sites for hydroxylation is 1. The molecular weight excluding hydrogens is 505 g/mol. The van der Waals surface area contributed by atoms with E-state index in [0.29, 0.717) is 17.2 Å². The Morgan fingerprint density at radius 1 is 1.00 bits per heavy atom. The Morgan fingerprint density at radius 2 is 1.67 bits per heavy atom. The van der Waals surface area contributed by atoms with Crippen molar-refractivity contribution in [3.8, 4) is 11.5 Å². The number of amides is 3. The van der Waals surface area contributed by atoms with Gasteiger partial charge in [0.2, 0.25) is 0 Å². The predicted octanol–water partition coefficient (Wildman–Crippen LogP) is 5.97. The Kier molecular flexibility index (Phi) is 7.22. The summed E-state index contributed by atoms with van der Waals surface area (Å²) in [4.78, 5) is 28.0. The van der Waals surface area contributed by atoms with Crippen molar-refractivity contribution in [3.63, 3.8) is 0 Å². The highest BCUT2D eigenvalue weighted by Gasteiger charge is 2.33. The first-order valence-electron chi connectivity index (χ1n) is 9.48. The summed E-state index contributed by atoms with van der Waals surface area (Å²) < 4.78 is 44.9. The van der Waals surface area contributed by atoms with E-state index in [1.54, 1.807) is 31.2 Å². The molecular formula is C22H18BrF3N4O3. The summed E-state index contributed by atoms with van der Waals surface area (Å²) >= 11 is 2.86. The van der Waals surface area contributed by atoms with E-state index < -0.39 is 17.8 Å². The number of anilines is 2. The first-order valence-corrected chi connectivity index (χ1v) is 10.3. The fourth-order valence-corrected chi connectivity index (χ4v) is 3.23. The molecule has 0 saturated carbocycles. The van der Waals surface area contributed by atoms with Crippen molar-refractivity contribution >= 4 is 39.2 Å². The van der Waals surface area contributed by atoms with Gasteiger partial charge in [-0.2, -0.15) is 13.2 Å². The van der Waals surface area contributed by atoms with E-state index in [9.17, 15) is 22.8 Å². The van der Waals surface area contributed by atoms with Crippen LogP contribution in [-0.2, 0) is 6.18 Å². The molecule has 11 heteroatoms. The third-order valence-corrected chi connectivity index (χ3v) is 5.09. The number of halogens is 4. The fraction of sp³-hybridized carbons (Fsp3) is 0.136. The summed E-state index contributed by atoms with van der Waals surface area (Å²) in [5, 5.41) is 7.40. The lowest BCUT2D eigenvalue weighted by atomic mass is 10.2. The Morgan fingerprint density at radius 3 is 2.33 bits per heavy atom. The van der Waals surface area contributed by atoms with E-state index in [0.717, 1.165) is 11.6 Å². The minimum absolute atomic E-state index is 0.0230. The van der Waals surface area contributed by atoms with Crippen LogP contribution >= 0.6 is 15.9 Å². The second-order valence-corrected chi connectivity index (χ2v) is 7.66. The molecule has 3 rings (SSSR count). The van der Waals surface area contributed by atoms with Gasteiger partial charge in [0.25, 0.3) is 5.91 Å². The number of ether oxygens (including phenoxy) is 1. The van der Waals surface area contributed by atoms with Gasteiger partial charge in [-0.3, -0.25) is 9.78 Å². The molecule has 33 heavy (non-hydrogen) atoms. The van der Waals surface area contributed by atoms with Crippen molar-refractivity contribution in [2.45, 2.75) is 13.1 Å². The van der Waals surface area contributed by atoms with Gasteiger partial charge in [0.05, 0.1) is 5.56 Å². The van der Waals surface area contributed by atoms with Crippen LogP contribution in [0.25, 0.3) is 0 Å². The Balaban J connectivity index is 1.74. The van der Waals surface area contributed by atoms with Crippen LogP contribution in [0.4, 0.5) is 29.3 Å². The van der Waals surface area contributed by atoms with Crippen LogP contribution in [0, 0.1) is 6.92 Å². The normalized spacial score (nSPS) is 11.0. The van der Waals surface area contributed by atoms with Gasteiger partial charge >= 0.3 is 12.2 Å². The largest absolute Gasteiger partial charge is 0.457 e.